The van der Waals surface area contributed by atoms with Gasteiger partial charge in [0, 0.05) is 40.9 Å². The molecule has 1 aromatic heterocycles. The molecule has 1 atom stereocenters. The molecule has 38 heavy (non-hydrogen) atoms. The number of piperidine rings is 1. The van der Waals surface area contributed by atoms with E-state index in [0.29, 0.717) is 39.3 Å². The van der Waals surface area contributed by atoms with Gasteiger partial charge >= 0.3 is 6.18 Å². The molecule has 4 nitrogen and oxygen atoms in total. The van der Waals surface area contributed by atoms with Gasteiger partial charge in [0.1, 0.15) is 11.9 Å². The second-order valence-corrected chi connectivity index (χ2v) is 11.4. The van der Waals surface area contributed by atoms with Crippen LogP contribution in [-0.2, 0) is 6.18 Å². The number of likely N-dealkylation sites (tertiary alicyclic amines) is 1. The standard InChI is InChI=1S/C28H31ClF4N2O2S/c1-37-20-5-6-25-22(16-20)26(23(29)17-34-25)24(30)7-8-27(18-36)9-11-35(12-10-27)13-14-38-21-4-2-3-19(15-21)28(31,32)33/h2-6,15-17,24,36H,7-14,18H2,1H3/t24-/m1/s1. The Morgan fingerprint density at radius 1 is 1.18 bits per heavy atom. The normalized spacial score (nSPS) is 17.0. The van der Waals surface area contributed by atoms with E-state index in [-0.39, 0.29) is 23.5 Å². The highest BCUT2D eigenvalue weighted by Crippen LogP contribution is 2.42. The van der Waals surface area contributed by atoms with E-state index in [2.05, 4.69) is 9.88 Å². The minimum atomic E-state index is -4.35. The van der Waals surface area contributed by atoms with Crippen molar-refractivity contribution in [3.63, 3.8) is 0 Å². The molecule has 1 aliphatic heterocycles. The summed E-state index contributed by atoms with van der Waals surface area (Å²) in [5.74, 6) is 1.26. The van der Waals surface area contributed by atoms with Crippen molar-refractivity contribution in [2.75, 3.05) is 39.1 Å². The third kappa shape index (κ3) is 6.92. The zero-order chi connectivity index (χ0) is 27.3. The Labute approximate surface area is 229 Å². The van der Waals surface area contributed by atoms with Crippen LogP contribution in [-0.4, -0.2) is 54.1 Å². The van der Waals surface area contributed by atoms with Crippen molar-refractivity contribution >= 4 is 34.3 Å². The van der Waals surface area contributed by atoms with Gasteiger partial charge in [0.05, 0.1) is 23.2 Å². The molecule has 4 rings (SSSR count). The van der Waals surface area contributed by atoms with Gasteiger partial charge in [0.25, 0.3) is 0 Å². The lowest BCUT2D eigenvalue weighted by Crippen LogP contribution is -2.42. The maximum Gasteiger partial charge on any atom is 0.416 e. The number of rotatable bonds is 10. The highest BCUT2D eigenvalue weighted by Gasteiger charge is 2.35. The molecule has 1 fully saturated rings. The summed E-state index contributed by atoms with van der Waals surface area (Å²) >= 11 is 7.77. The molecule has 0 unspecified atom stereocenters. The van der Waals surface area contributed by atoms with Crippen LogP contribution < -0.4 is 4.74 Å². The van der Waals surface area contributed by atoms with E-state index in [9.17, 15) is 18.3 Å². The number of thioether (sulfide) groups is 1. The maximum atomic E-state index is 15.6. The van der Waals surface area contributed by atoms with Gasteiger partial charge in [-0.05, 0) is 80.6 Å². The zero-order valence-corrected chi connectivity index (χ0v) is 22.7. The number of halogens is 5. The van der Waals surface area contributed by atoms with Crippen LogP contribution in [0.25, 0.3) is 10.9 Å². The molecular weight excluding hydrogens is 540 g/mol. The number of hydrogen-bond donors (Lipinski definition) is 1. The van der Waals surface area contributed by atoms with Crippen LogP contribution in [0.5, 0.6) is 5.75 Å². The number of benzene rings is 2. The van der Waals surface area contributed by atoms with Gasteiger partial charge in [-0.1, -0.05) is 17.7 Å². The number of hydrogen-bond acceptors (Lipinski definition) is 5. The predicted molar refractivity (Wildman–Crippen MR) is 144 cm³/mol. The number of methoxy groups -OCH3 is 1. The Morgan fingerprint density at radius 2 is 1.95 bits per heavy atom. The molecule has 0 amide bonds. The van der Waals surface area contributed by atoms with Crippen molar-refractivity contribution in [3.8, 4) is 5.75 Å². The van der Waals surface area contributed by atoms with E-state index >= 15 is 4.39 Å². The first-order valence-electron chi connectivity index (χ1n) is 12.5. The van der Waals surface area contributed by atoms with Crippen LogP contribution >= 0.6 is 23.4 Å². The lowest BCUT2D eigenvalue weighted by Gasteiger charge is -2.41. The Bertz CT molecular complexity index is 1240. The van der Waals surface area contributed by atoms with Crippen LogP contribution in [0.2, 0.25) is 5.02 Å². The Hall–Kier alpha value is -2.07. The summed E-state index contributed by atoms with van der Waals surface area (Å²) in [5, 5.41) is 11.1. The molecule has 3 aromatic rings. The molecule has 0 radical (unpaired) electrons. The van der Waals surface area contributed by atoms with Crippen LogP contribution in [0.15, 0.2) is 53.6 Å². The lowest BCUT2D eigenvalue weighted by atomic mass is 9.74. The highest BCUT2D eigenvalue weighted by molar-refractivity contribution is 7.99. The number of nitrogens with zero attached hydrogens (tertiary/aromatic N) is 2. The summed E-state index contributed by atoms with van der Waals surface area (Å²) in [6, 6.07) is 10.7. The smallest absolute Gasteiger partial charge is 0.416 e. The van der Waals surface area contributed by atoms with Crippen molar-refractivity contribution in [2.45, 2.75) is 42.9 Å². The fourth-order valence-electron chi connectivity index (χ4n) is 4.98. The number of aromatic nitrogens is 1. The van der Waals surface area contributed by atoms with E-state index in [1.165, 1.54) is 30.1 Å². The molecule has 0 spiro atoms. The van der Waals surface area contributed by atoms with Gasteiger partial charge in [-0.2, -0.15) is 13.2 Å². The summed E-state index contributed by atoms with van der Waals surface area (Å²) < 4.78 is 59.7. The number of fused-ring (bicyclic) bond motifs is 1. The highest BCUT2D eigenvalue weighted by atomic mass is 35.5. The predicted octanol–water partition coefficient (Wildman–Crippen LogP) is 7.57. The molecule has 2 aromatic carbocycles. The maximum absolute atomic E-state index is 15.6. The average Bonchev–Trinajstić information content (AvgIpc) is 2.92. The lowest BCUT2D eigenvalue weighted by molar-refractivity contribution is -0.137. The second kappa shape index (κ2) is 12.4. The van der Waals surface area contributed by atoms with Crippen molar-refractivity contribution in [2.24, 2.45) is 5.41 Å². The fraction of sp³-hybridized carbons (Fsp3) is 0.464. The molecule has 1 saturated heterocycles. The van der Waals surface area contributed by atoms with Crippen LogP contribution in [0, 0.1) is 5.41 Å². The quantitative estimate of drug-likeness (QED) is 0.201. The van der Waals surface area contributed by atoms with Gasteiger partial charge in [-0.3, -0.25) is 4.98 Å². The van der Waals surface area contributed by atoms with Gasteiger partial charge in [0.15, 0.2) is 0 Å². The molecule has 0 bridgehead atoms. The summed E-state index contributed by atoms with van der Waals surface area (Å²) in [4.78, 5) is 7.14. The Kier molecular flexibility index (Phi) is 9.44. The van der Waals surface area contributed by atoms with E-state index in [1.807, 2.05) is 0 Å². The average molecular weight is 571 g/mol. The molecule has 206 valence electrons. The number of alkyl halides is 4. The zero-order valence-electron chi connectivity index (χ0n) is 21.1. The van der Waals surface area contributed by atoms with Crippen molar-refractivity contribution in [1.29, 1.82) is 0 Å². The number of pyridine rings is 1. The molecule has 0 aliphatic carbocycles. The summed E-state index contributed by atoms with van der Waals surface area (Å²) in [7, 11) is 1.55. The molecule has 10 heteroatoms. The summed E-state index contributed by atoms with van der Waals surface area (Å²) in [5.41, 5.74) is 0.0236. The van der Waals surface area contributed by atoms with Crippen molar-refractivity contribution < 1.29 is 27.4 Å². The van der Waals surface area contributed by atoms with E-state index in [0.717, 1.165) is 38.5 Å². The van der Waals surface area contributed by atoms with Crippen LogP contribution in [0.3, 0.4) is 0 Å². The molecular formula is C28H31ClF4N2O2S. The van der Waals surface area contributed by atoms with Gasteiger partial charge in [0.2, 0.25) is 0 Å². The van der Waals surface area contributed by atoms with E-state index < -0.39 is 17.9 Å². The first kappa shape index (κ1) is 28.9. The van der Waals surface area contributed by atoms with E-state index in [1.54, 1.807) is 31.4 Å². The molecule has 2 heterocycles. The SMILES string of the molecule is COc1ccc2ncc(Cl)c([C@H](F)CCC3(CO)CCN(CCSc4cccc(C(F)(F)F)c4)CC3)c2c1. The first-order chi connectivity index (χ1) is 18.1. The van der Waals surface area contributed by atoms with Crippen molar-refractivity contribution in [1.82, 2.24) is 9.88 Å². The minimum absolute atomic E-state index is 0.0226. The number of aliphatic hydroxyl groups is 1. The first-order valence-corrected chi connectivity index (χ1v) is 13.9. The van der Waals surface area contributed by atoms with Gasteiger partial charge in [-0.15, -0.1) is 11.8 Å². The molecule has 1 aliphatic rings. The summed E-state index contributed by atoms with van der Waals surface area (Å²) in [6.45, 7) is 2.20. The van der Waals surface area contributed by atoms with Crippen molar-refractivity contribution in [3.05, 3.63) is 64.8 Å². The van der Waals surface area contributed by atoms with Crippen LogP contribution in [0.1, 0.15) is 43.0 Å². The van der Waals surface area contributed by atoms with Gasteiger partial charge < -0.3 is 14.7 Å². The third-order valence-electron chi connectivity index (χ3n) is 7.40. The van der Waals surface area contributed by atoms with E-state index in [4.69, 9.17) is 16.3 Å². The van der Waals surface area contributed by atoms with Gasteiger partial charge in [-0.25, -0.2) is 4.39 Å². The second-order valence-electron chi connectivity index (χ2n) is 9.78. The minimum Gasteiger partial charge on any atom is -0.497 e. The molecule has 0 saturated carbocycles. The fourth-order valence-corrected chi connectivity index (χ4v) is 6.22. The summed E-state index contributed by atoms with van der Waals surface area (Å²) in [6.07, 6.45) is -2.00. The monoisotopic (exact) mass is 570 g/mol. The largest absolute Gasteiger partial charge is 0.497 e. The Morgan fingerprint density at radius 3 is 2.63 bits per heavy atom. The van der Waals surface area contributed by atoms with Crippen LogP contribution in [0.4, 0.5) is 17.6 Å². The Balaban J connectivity index is 1.31. The topological polar surface area (TPSA) is 45.6 Å². The molecule has 1 N–H and O–H groups in total. The third-order valence-corrected chi connectivity index (χ3v) is 8.67. The number of aliphatic hydroxyl groups excluding tert-OH is 1. The number of ether oxygens (including phenoxy) is 1.